The van der Waals surface area contributed by atoms with Crippen molar-refractivity contribution >= 4 is 23.5 Å². The first-order valence-electron chi connectivity index (χ1n) is 9.22. The molecule has 0 unspecified atom stereocenters. The van der Waals surface area contributed by atoms with Crippen molar-refractivity contribution in [1.82, 2.24) is 25.3 Å². The third-order valence-corrected chi connectivity index (χ3v) is 4.26. The minimum absolute atomic E-state index is 0.00373. The molecule has 10 nitrogen and oxygen atoms in total. The highest BCUT2D eigenvalue weighted by Crippen LogP contribution is 2.16. The number of aromatic nitrogens is 2. The number of nitrogens with one attached hydrogen (secondary N) is 2. The molecule has 3 heterocycles. The topological polar surface area (TPSA) is 108 Å². The molecule has 0 aromatic carbocycles. The number of aliphatic imine (C=N–C) groups is 1. The maximum absolute atomic E-state index is 12.6. The van der Waals surface area contributed by atoms with Crippen molar-refractivity contribution in [2.75, 3.05) is 44.2 Å². The second-order valence-electron chi connectivity index (χ2n) is 6.31. The Kier molecular flexibility index (Phi) is 6.30. The van der Waals surface area contributed by atoms with Crippen molar-refractivity contribution in [2.45, 2.75) is 6.92 Å². The van der Waals surface area contributed by atoms with Crippen LogP contribution >= 0.6 is 0 Å². The average molecular weight is 387 g/mol. The number of piperazine rings is 1. The van der Waals surface area contributed by atoms with Crippen LogP contribution in [-0.4, -0.2) is 71.7 Å². The van der Waals surface area contributed by atoms with E-state index in [0.29, 0.717) is 38.7 Å². The number of anilines is 1. The summed E-state index contributed by atoms with van der Waals surface area (Å²) in [6, 6.07) is 3.27. The summed E-state index contributed by atoms with van der Waals surface area (Å²) in [6.07, 6.45) is 4.97. The summed E-state index contributed by atoms with van der Waals surface area (Å²) in [5.41, 5.74) is 0.801. The van der Waals surface area contributed by atoms with Crippen LogP contribution in [0.25, 0.3) is 0 Å². The summed E-state index contributed by atoms with van der Waals surface area (Å²) in [5.74, 6) is 0.656. The molecule has 0 atom stereocenters. The van der Waals surface area contributed by atoms with Gasteiger partial charge in [0.05, 0.1) is 24.7 Å². The zero-order chi connectivity index (χ0) is 19.9. The zero-order valence-electron chi connectivity index (χ0n) is 16.1. The normalized spacial score (nSPS) is 15.1. The molecule has 0 aliphatic carbocycles. The Hall–Kier alpha value is -3.30. The van der Waals surface area contributed by atoms with Crippen LogP contribution in [0, 0.1) is 0 Å². The van der Waals surface area contributed by atoms with Gasteiger partial charge >= 0.3 is 0 Å². The number of aryl methyl sites for hydroxylation is 1. The SMILES string of the molecule is CCNC(=NCCNC(=O)c1ccco1)N1CCN(c2cnn(C)c2)C(=O)C1. The average Bonchev–Trinajstić information content (AvgIpc) is 3.36. The molecule has 28 heavy (non-hydrogen) atoms. The first-order valence-corrected chi connectivity index (χ1v) is 9.22. The number of carbonyl (C=O) groups excluding carboxylic acids is 2. The maximum atomic E-state index is 12.6. The molecule has 150 valence electrons. The molecule has 2 aromatic rings. The van der Waals surface area contributed by atoms with Gasteiger partial charge in [-0.3, -0.25) is 19.3 Å². The number of furan rings is 1. The van der Waals surface area contributed by atoms with E-state index in [0.717, 1.165) is 5.69 Å². The number of carbonyl (C=O) groups is 2. The minimum atomic E-state index is -0.273. The van der Waals surface area contributed by atoms with Crippen molar-refractivity contribution in [1.29, 1.82) is 0 Å². The molecule has 1 saturated heterocycles. The van der Waals surface area contributed by atoms with Crippen molar-refractivity contribution in [3.8, 4) is 0 Å². The molecule has 0 spiro atoms. The molecule has 1 aliphatic rings. The van der Waals surface area contributed by atoms with Gasteiger partial charge in [-0.2, -0.15) is 5.10 Å². The van der Waals surface area contributed by atoms with Crippen molar-refractivity contribution < 1.29 is 14.0 Å². The van der Waals surface area contributed by atoms with Gasteiger partial charge in [-0.05, 0) is 19.1 Å². The van der Waals surface area contributed by atoms with E-state index in [1.807, 2.05) is 25.1 Å². The summed E-state index contributed by atoms with van der Waals surface area (Å²) in [6.45, 7) is 4.88. The van der Waals surface area contributed by atoms with Gasteiger partial charge in [-0.25, -0.2) is 0 Å². The van der Waals surface area contributed by atoms with Crippen molar-refractivity contribution in [3.63, 3.8) is 0 Å². The standard InChI is InChI=1S/C18H25N7O3/c1-3-19-18(21-7-6-20-17(27)15-5-4-10-28-15)24-8-9-25(16(26)13-24)14-11-22-23(2)12-14/h4-5,10-12H,3,6-9,13H2,1-2H3,(H,19,21)(H,20,27). The maximum Gasteiger partial charge on any atom is 0.287 e. The van der Waals surface area contributed by atoms with Gasteiger partial charge in [0.15, 0.2) is 11.7 Å². The summed E-state index contributed by atoms with van der Waals surface area (Å²) in [4.78, 5) is 32.6. The second-order valence-corrected chi connectivity index (χ2v) is 6.31. The second kappa shape index (κ2) is 9.07. The van der Waals surface area contributed by atoms with E-state index >= 15 is 0 Å². The lowest BCUT2D eigenvalue weighted by molar-refractivity contribution is -0.120. The van der Waals surface area contributed by atoms with E-state index in [-0.39, 0.29) is 24.1 Å². The lowest BCUT2D eigenvalue weighted by Crippen LogP contribution is -2.55. The van der Waals surface area contributed by atoms with E-state index < -0.39 is 0 Å². The smallest absolute Gasteiger partial charge is 0.287 e. The lowest BCUT2D eigenvalue weighted by Gasteiger charge is -2.35. The molecule has 1 fully saturated rings. The van der Waals surface area contributed by atoms with E-state index in [2.05, 4.69) is 20.7 Å². The van der Waals surface area contributed by atoms with Crippen LogP contribution in [0.4, 0.5) is 5.69 Å². The number of nitrogens with zero attached hydrogens (tertiary/aromatic N) is 5. The quantitative estimate of drug-likeness (QED) is 0.412. The third kappa shape index (κ3) is 4.70. The largest absolute Gasteiger partial charge is 0.459 e. The number of hydrogen-bond donors (Lipinski definition) is 2. The van der Waals surface area contributed by atoms with Crippen molar-refractivity contribution in [2.24, 2.45) is 12.0 Å². The highest BCUT2D eigenvalue weighted by atomic mass is 16.3. The van der Waals surface area contributed by atoms with E-state index in [9.17, 15) is 9.59 Å². The summed E-state index contributed by atoms with van der Waals surface area (Å²) in [5, 5.41) is 10.1. The lowest BCUT2D eigenvalue weighted by atomic mass is 10.3. The monoisotopic (exact) mass is 387 g/mol. The fourth-order valence-electron chi connectivity index (χ4n) is 2.93. The molecule has 0 saturated carbocycles. The molecule has 2 aromatic heterocycles. The van der Waals surface area contributed by atoms with Gasteiger partial charge in [0.25, 0.3) is 5.91 Å². The molecular formula is C18H25N7O3. The van der Waals surface area contributed by atoms with Gasteiger partial charge in [0, 0.05) is 39.4 Å². The fraction of sp³-hybridized carbons (Fsp3) is 0.444. The Morgan fingerprint density at radius 3 is 2.86 bits per heavy atom. The first-order chi connectivity index (χ1) is 13.6. The predicted molar refractivity (Wildman–Crippen MR) is 104 cm³/mol. The zero-order valence-corrected chi connectivity index (χ0v) is 16.1. The van der Waals surface area contributed by atoms with Gasteiger partial charge < -0.3 is 24.9 Å². The van der Waals surface area contributed by atoms with Crippen LogP contribution in [0.5, 0.6) is 0 Å². The summed E-state index contributed by atoms with van der Waals surface area (Å²) in [7, 11) is 1.82. The van der Waals surface area contributed by atoms with Crippen LogP contribution in [0.1, 0.15) is 17.5 Å². The van der Waals surface area contributed by atoms with Crippen LogP contribution in [0.15, 0.2) is 40.2 Å². The number of rotatable bonds is 6. The Morgan fingerprint density at radius 2 is 2.21 bits per heavy atom. The third-order valence-electron chi connectivity index (χ3n) is 4.26. The van der Waals surface area contributed by atoms with E-state index in [4.69, 9.17) is 4.42 Å². The molecule has 1 aliphatic heterocycles. The van der Waals surface area contributed by atoms with Crippen LogP contribution in [0.2, 0.25) is 0 Å². The van der Waals surface area contributed by atoms with Crippen LogP contribution < -0.4 is 15.5 Å². The molecule has 0 bridgehead atoms. The minimum Gasteiger partial charge on any atom is -0.459 e. The van der Waals surface area contributed by atoms with Crippen LogP contribution in [0.3, 0.4) is 0 Å². The summed E-state index contributed by atoms with van der Waals surface area (Å²) >= 11 is 0. The molecule has 2 amide bonds. The predicted octanol–water partition coefficient (Wildman–Crippen LogP) is 0.0572. The summed E-state index contributed by atoms with van der Waals surface area (Å²) < 4.78 is 6.73. The number of amides is 2. The number of hydrogen-bond acceptors (Lipinski definition) is 5. The highest BCUT2D eigenvalue weighted by molar-refractivity contribution is 5.98. The van der Waals surface area contributed by atoms with Crippen molar-refractivity contribution in [3.05, 3.63) is 36.5 Å². The van der Waals surface area contributed by atoms with Gasteiger partial charge in [0.2, 0.25) is 5.91 Å². The Labute approximate surface area is 163 Å². The molecule has 2 N–H and O–H groups in total. The van der Waals surface area contributed by atoms with Gasteiger partial charge in [-0.15, -0.1) is 0 Å². The molecule has 10 heteroatoms. The Bertz CT molecular complexity index is 828. The van der Waals surface area contributed by atoms with Crippen LogP contribution in [-0.2, 0) is 11.8 Å². The van der Waals surface area contributed by atoms with E-state index in [1.165, 1.54) is 6.26 Å². The number of guanidine groups is 1. The Balaban J connectivity index is 1.54. The van der Waals surface area contributed by atoms with Gasteiger partial charge in [-0.1, -0.05) is 0 Å². The molecule has 0 radical (unpaired) electrons. The molecular weight excluding hydrogens is 362 g/mol. The first kappa shape index (κ1) is 19.5. The molecule has 3 rings (SSSR count). The Morgan fingerprint density at radius 1 is 1.36 bits per heavy atom. The van der Waals surface area contributed by atoms with Gasteiger partial charge in [0.1, 0.15) is 6.54 Å². The fourth-order valence-corrected chi connectivity index (χ4v) is 2.93. The highest BCUT2D eigenvalue weighted by Gasteiger charge is 2.27. The van der Waals surface area contributed by atoms with E-state index in [1.54, 1.807) is 27.9 Å².